The molecule has 28 heavy (non-hydrogen) atoms. The molecule has 0 radical (unpaired) electrons. The monoisotopic (exact) mass is 376 g/mol. The SMILES string of the molecule is Cc1cc(=O)oc2cc(NC(=O)CC[C@@H]3Cc4ccccc4NC3=O)ccc12. The first-order valence-corrected chi connectivity index (χ1v) is 9.23. The number of carbonyl (C=O) groups excluding carboxylic acids is 2. The first-order chi connectivity index (χ1) is 13.5. The van der Waals surface area contributed by atoms with Crippen molar-refractivity contribution in [2.75, 3.05) is 10.6 Å². The smallest absolute Gasteiger partial charge is 0.336 e. The van der Waals surface area contributed by atoms with E-state index in [1.165, 1.54) is 6.07 Å². The van der Waals surface area contributed by atoms with Gasteiger partial charge in [-0.2, -0.15) is 0 Å². The quantitative estimate of drug-likeness (QED) is 0.681. The van der Waals surface area contributed by atoms with Crippen molar-refractivity contribution < 1.29 is 14.0 Å². The molecular formula is C22H20N2O4. The highest BCUT2D eigenvalue weighted by Crippen LogP contribution is 2.28. The fourth-order valence-electron chi connectivity index (χ4n) is 3.58. The Labute approximate surface area is 161 Å². The van der Waals surface area contributed by atoms with Crippen molar-refractivity contribution in [3.8, 4) is 0 Å². The highest BCUT2D eigenvalue weighted by atomic mass is 16.4. The zero-order valence-corrected chi connectivity index (χ0v) is 15.5. The molecule has 6 heteroatoms. The van der Waals surface area contributed by atoms with Crippen LogP contribution in [0.15, 0.2) is 57.7 Å². The van der Waals surface area contributed by atoms with Gasteiger partial charge in [-0.05, 0) is 49.1 Å². The Bertz CT molecular complexity index is 1130. The molecule has 142 valence electrons. The average Bonchev–Trinajstić information content (AvgIpc) is 2.66. The predicted molar refractivity (Wildman–Crippen MR) is 107 cm³/mol. The summed E-state index contributed by atoms with van der Waals surface area (Å²) < 4.78 is 5.21. The number of benzene rings is 2. The Morgan fingerprint density at radius 1 is 1.18 bits per heavy atom. The van der Waals surface area contributed by atoms with Gasteiger partial charge in [-0.25, -0.2) is 4.79 Å². The number of para-hydroxylation sites is 1. The van der Waals surface area contributed by atoms with Crippen molar-refractivity contribution >= 4 is 34.2 Å². The maximum Gasteiger partial charge on any atom is 0.336 e. The van der Waals surface area contributed by atoms with Crippen molar-refractivity contribution in [3.63, 3.8) is 0 Å². The number of rotatable bonds is 4. The van der Waals surface area contributed by atoms with E-state index in [0.29, 0.717) is 24.1 Å². The third-order valence-corrected chi connectivity index (χ3v) is 5.07. The summed E-state index contributed by atoms with van der Waals surface area (Å²) in [5.74, 6) is -0.451. The third-order valence-electron chi connectivity index (χ3n) is 5.07. The standard InChI is InChI=1S/C22H20N2O4/c1-13-10-21(26)28-19-12-16(7-8-17(13)19)23-20(25)9-6-15-11-14-4-2-3-5-18(14)24-22(15)27/h2-5,7-8,10,12,15H,6,9,11H2,1H3,(H,23,25)(H,24,27)/t15-/m1/s1. The molecular weight excluding hydrogens is 356 g/mol. The summed E-state index contributed by atoms with van der Waals surface area (Å²) >= 11 is 0. The number of fused-ring (bicyclic) bond motifs is 2. The van der Waals surface area contributed by atoms with E-state index in [2.05, 4.69) is 10.6 Å². The summed E-state index contributed by atoms with van der Waals surface area (Å²) in [4.78, 5) is 36.1. The van der Waals surface area contributed by atoms with E-state index in [9.17, 15) is 14.4 Å². The molecule has 1 aromatic heterocycles. The van der Waals surface area contributed by atoms with Crippen molar-refractivity contribution in [2.24, 2.45) is 5.92 Å². The third kappa shape index (κ3) is 3.67. The molecule has 2 amide bonds. The number of amides is 2. The zero-order valence-electron chi connectivity index (χ0n) is 15.5. The van der Waals surface area contributed by atoms with Crippen LogP contribution in [0.25, 0.3) is 11.0 Å². The van der Waals surface area contributed by atoms with Crippen LogP contribution in [0.1, 0.15) is 24.0 Å². The van der Waals surface area contributed by atoms with Gasteiger partial charge in [0.25, 0.3) is 0 Å². The Morgan fingerprint density at radius 3 is 2.86 bits per heavy atom. The minimum Gasteiger partial charge on any atom is -0.423 e. The maximum atomic E-state index is 12.3. The lowest BCUT2D eigenvalue weighted by Crippen LogP contribution is -2.30. The molecule has 1 atom stereocenters. The van der Waals surface area contributed by atoms with Crippen LogP contribution in [0.3, 0.4) is 0 Å². The highest BCUT2D eigenvalue weighted by molar-refractivity contribution is 5.97. The van der Waals surface area contributed by atoms with Gasteiger partial charge < -0.3 is 15.1 Å². The Hall–Kier alpha value is -3.41. The molecule has 3 aromatic rings. The molecule has 4 rings (SSSR count). The van der Waals surface area contributed by atoms with Gasteiger partial charge in [0.05, 0.1) is 0 Å². The second kappa shape index (κ2) is 7.31. The molecule has 0 unspecified atom stereocenters. The Balaban J connectivity index is 1.40. The molecule has 1 aliphatic heterocycles. The Morgan fingerprint density at radius 2 is 2.00 bits per heavy atom. The molecule has 0 saturated carbocycles. The summed E-state index contributed by atoms with van der Waals surface area (Å²) in [6, 6.07) is 14.4. The average molecular weight is 376 g/mol. The van der Waals surface area contributed by atoms with Gasteiger partial charge >= 0.3 is 5.63 Å². The Kier molecular flexibility index (Phi) is 4.69. The minimum atomic E-state index is -0.419. The van der Waals surface area contributed by atoms with Crippen LogP contribution in [0.2, 0.25) is 0 Å². The second-order valence-corrected chi connectivity index (χ2v) is 7.09. The van der Waals surface area contributed by atoms with Gasteiger partial charge in [0.2, 0.25) is 11.8 Å². The van der Waals surface area contributed by atoms with Gasteiger partial charge in [0, 0.05) is 41.2 Å². The van der Waals surface area contributed by atoms with Crippen LogP contribution in [0.4, 0.5) is 11.4 Å². The second-order valence-electron chi connectivity index (χ2n) is 7.09. The van der Waals surface area contributed by atoms with E-state index >= 15 is 0 Å². The molecule has 0 saturated heterocycles. The molecule has 2 aromatic carbocycles. The topological polar surface area (TPSA) is 88.4 Å². The van der Waals surface area contributed by atoms with Gasteiger partial charge in [0.1, 0.15) is 5.58 Å². The van der Waals surface area contributed by atoms with E-state index in [0.717, 1.165) is 22.2 Å². The van der Waals surface area contributed by atoms with E-state index in [-0.39, 0.29) is 24.2 Å². The lowest BCUT2D eigenvalue weighted by atomic mass is 9.89. The van der Waals surface area contributed by atoms with Gasteiger partial charge in [-0.15, -0.1) is 0 Å². The fraction of sp³-hybridized carbons (Fsp3) is 0.227. The number of hydrogen-bond donors (Lipinski definition) is 2. The molecule has 2 heterocycles. The van der Waals surface area contributed by atoms with Gasteiger partial charge in [-0.3, -0.25) is 9.59 Å². The lowest BCUT2D eigenvalue weighted by Gasteiger charge is -2.24. The van der Waals surface area contributed by atoms with E-state index in [1.54, 1.807) is 12.1 Å². The van der Waals surface area contributed by atoms with E-state index in [4.69, 9.17) is 4.42 Å². The zero-order chi connectivity index (χ0) is 19.7. The summed E-state index contributed by atoms with van der Waals surface area (Å²) in [5.41, 5.74) is 3.34. The van der Waals surface area contributed by atoms with E-state index in [1.807, 2.05) is 37.3 Å². The molecule has 2 N–H and O–H groups in total. The molecule has 1 aliphatic rings. The minimum absolute atomic E-state index is 0.0468. The van der Waals surface area contributed by atoms with Crippen molar-refractivity contribution in [2.45, 2.75) is 26.2 Å². The molecule has 0 bridgehead atoms. The van der Waals surface area contributed by atoms with E-state index < -0.39 is 5.63 Å². The van der Waals surface area contributed by atoms with Crippen LogP contribution >= 0.6 is 0 Å². The predicted octanol–water partition coefficient (Wildman–Crippen LogP) is 3.63. The van der Waals surface area contributed by atoms with Gasteiger partial charge in [0.15, 0.2) is 0 Å². The molecule has 6 nitrogen and oxygen atoms in total. The van der Waals surface area contributed by atoms with Crippen LogP contribution in [0, 0.1) is 12.8 Å². The summed E-state index contributed by atoms with van der Waals surface area (Å²) in [5, 5.41) is 6.54. The largest absolute Gasteiger partial charge is 0.423 e. The maximum absolute atomic E-state index is 12.3. The molecule has 0 spiro atoms. The van der Waals surface area contributed by atoms with Crippen LogP contribution in [0.5, 0.6) is 0 Å². The first-order valence-electron chi connectivity index (χ1n) is 9.23. The highest BCUT2D eigenvalue weighted by Gasteiger charge is 2.26. The van der Waals surface area contributed by atoms with Crippen molar-refractivity contribution in [3.05, 3.63) is 70.1 Å². The molecule has 0 fully saturated rings. The van der Waals surface area contributed by atoms with Gasteiger partial charge in [-0.1, -0.05) is 18.2 Å². The van der Waals surface area contributed by atoms with Crippen LogP contribution in [-0.4, -0.2) is 11.8 Å². The van der Waals surface area contributed by atoms with Crippen LogP contribution in [-0.2, 0) is 16.0 Å². The number of hydrogen-bond acceptors (Lipinski definition) is 4. The summed E-state index contributed by atoms with van der Waals surface area (Å²) in [6.45, 7) is 1.84. The summed E-state index contributed by atoms with van der Waals surface area (Å²) in [6.07, 6.45) is 1.33. The number of anilines is 2. The van der Waals surface area contributed by atoms with Crippen molar-refractivity contribution in [1.29, 1.82) is 0 Å². The first kappa shape index (κ1) is 18.0. The molecule has 0 aliphatic carbocycles. The summed E-state index contributed by atoms with van der Waals surface area (Å²) in [7, 11) is 0. The lowest BCUT2D eigenvalue weighted by molar-refractivity contribution is -0.121. The number of aryl methyl sites for hydroxylation is 1. The number of carbonyl (C=O) groups is 2. The number of nitrogens with one attached hydrogen (secondary N) is 2. The van der Waals surface area contributed by atoms with Crippen LogP contribution < -0.4 is 16.3 Å². The fourth-order valence-corrected chi connectivity index (χ4v) is 3.58. The normalized spacial score (nSPS) is 15.8. The van der Waals surface area contributed by atoms with Crippen molar-refractivity contribution in [1.82, 2.24) is 0 Å².